The standard InChI is InChI=1S/C24H17Cl2NO6S2/c25-17-7-9-19(10-8-17)35(30,31)33-21-11-6-16(14-20(21)26)15-22-23(28)27(24(29)34-22)12-13-32-18-4-2-1-3-5-18/h1-11,14-15H,12-13H2/b22-15-. The maximum Gasteiger partial charge on any atom is 0.339 e. The summed E-state index contributed by atoms with van der Waals surface area (Å²) in [4.78, 5) is 26.3. The molecule has 1 aliphatic heterocycles. The van der Waals surface area contributed by atoms with Crippen molar-refractivity contribution < 1.29 is 26.9 Å². The minimum Gasteiger partial charge on any atom is -0.492 e. The average Bonchev–Trinajstić information content (AvgIpc) is 3.09. The highest BCUT2D eigenvalue weighted by molar-refractivity contribution is 8.18. The number of carbonyl (C=O) groups is 2. The van der Waals surface area contributed by atoms with Crippen molar-refractivity contribution in [1.29, 1.82) is 0 Å². The Bertz CT molecular complexity index is 1390. The maximum absolute atomic E-state index is 12.7. The number of thioether (sulfide) groups is 1. The van der Waals surface area contributed by atoms with Crippen molar-refractivity contribution in [3.05, 3.63) is 93.3 Å². The van der Waals surface area contributed by atoms with Crippen LogP contribution in [0.3, 0.4) is 0 Å². The second-order valence-electron chi connectivity index (χ2n) is 7.18. The zero-order valence-corrected chi connectivity index (χ0v) is 21.0. The van der Waals surface area contributed by atoms with Crippen LogP contribution in [0.25, 0.3) is 6.08 Å². The summed E-state index contributed by atoms with van der Waals surface area (Å²) in [7, 11) is -4.12. The maximum atomic E-state index is 12.7. The molecule has 3 aromatic carbocycles. The molecule has 0 bridgehead atoms. The van der Waals surface area contributed by atoms with Gasteiger partial charge in [-0.15, -0.1) is 0 Å². The molecule has 1 aliphatic rings. The summed E-state index contributed by atoms with van der Waals surface area (Å²) in [5.41, 5.74) is 0.497. The molecule has 35 heavy (non-hydrogen) atoms. The predicted octanol–water partition coefficient (Wildman–Crippen LogP) is 5.88. The van der Waals surface area contributed by atoms with Crippen LogP contribution in [0.2, 0.25) is 10.0 Å². The lowest BCUT2D eigenvalue weighted by molar-refractivity contribution is -0.123. The van der Waals surface area contributed by atoms with Gasteiger partial charge in [0.25, 0.3) is 11.1 Å². The minimum absolute atomic E-state index is 0.0202. The number of rotatable bonds is 8. The lowest BCUT2D eigenvalue weighted by Gasteiger charge is -2.13. The molecule has 11 heteroatoms. The monoisotopic (exact) mass is 549 g/mol. The molecule has 0 N–H and O–H groups in total. The SMILES string of the molecule is O=C1S/C(=C\c2ccc(OS(=O)(=O)c3ccc(Cl)cc3)c(Cl)c2)C(=O)N1CCOc1ccccc1. The molecule has 0 radical (unpaired) electrons. The van der Waals surface area contributed by atoms with Crippen LogP contribution in [0, 0.1) is 0 Å². The summed E-state index contributed by atoms with van der Waals surface area (Å²) in [5, 5.41) is 0.00395. The Labute approximate surface area is 216 Å². The van der Waals surface area contributed by atoms with Crippen molar-refractivity contribution >= 4 is 62.3 Å². The molecule has 0 unspecified atom stereocenters. The molecule has 0 spiro atoms. The molecule has 1 fully saturated rings. The Balaban J connectivity index is 1.43. The number of amides is 2. The minimum atomic E-state index is -4.12. The van der Waals surface area contributed by atoms with Crippen molar-refractivity contribution in [2.75, 3.05) is 13.2 Å². The third-order valence-electron chi connectivity index (χ3n) is 4.76. The number of para-hydroxylation sites is 1. The van der Waals surface area contributed by atoms with Gasteiger partial charge in [-0.2, -0.15) is 8.42 Å². The second-order valence-corrected chi connectivity index (χ2v) is 10.6. The molecule has 0 aromatic heterocycles. The lowest BCUT2D eigenvalue weighted by Crippen LogP contribution is -2.32. The topological polar surface area (TPSA) is 90.0 Å². The highest BCUT2D eigenvalue weighted by atomic mass is 35.5. The number of imide groups is 1. The van der Waals surface area contributed by atoms with E-state index in [-0.39, 0.29) is 33.7 Å². The van der Waals surface area contributed by atoms with Gasteiger partial charge in [-0.05, 0) is 71.9 Å². The van der Waals surface area contributed by atoms with Gasteiger partial charge in [0.1, 0.15) is 17.3 Å². The lowest BCUT2D eigenvalue weighted by atomic mass is 10.2. The van der Waals surface area contributed by atoms with Gasteiger partial charge in [0.05, 0.1) is 16.5 Å². The summed E-state index contributed by atoms with van der Waals surface area (Å²) >= 11 is 12.8. The van der Waals surface area contributed by atoms with E-state index in [4.69, 9.17) is 32.1 Å². The van der Waals surface area contributed by atoms with E-state index in [9.17, 15) is 18.0 Å². The molecule has 4 rings (SSSR count). The van der Waals surface area contributed by atoms with Gasteiger partial charge in [0.2, 0.25) is 0 Å². The predicted molar refractivity (Wildman–Crippen MR) is 135 cm³/mol. The Morgan fingerprint density at radius 3 is 2.34 bits per heavy atom. The fourth-order valence-electron chi connectivity index (χ4n) is 3.06. The first-order valence-corrected chi connectivity index (χ1v) is 13.1. The van der Waals surface area contributed by atoms with Crippen LogP contribution in [0.15, 0.2) is 82.6 Å². The van der Waals surface area contributed by atoms with Crippen LogP contribution in [0.1, 0.15) is 5.56 Å². The first-order chi connectivity index (χ1) is 16.7. The van der Waals surface area contributed by atoms with Gasteiger partial charge in [0, 0.05) is 5.02 Å². The van der Waals surface area contributed by atoms with Gasteiger partial charge in [-0.1, -0.05) is 47.5 Å². The van der Waals surface area contributed by atoms with Crippen LogP contribution in [0.4, 0.5) is 4.79 Å². The van der Waals surface area contributed by atoms with Crippen LogP contribution in [0.5, 0.6) is 11.5 Å². The van der Waals surface area contributed by atoms with Crippen molar-refractivity contribution in [3.8, 4) is 11.5 Å². The van der Waals surface area contributed by atoms with Crippen LogP contribution in [-0.2, 0) is 14.9 Å². The third kappa shape index (κ3) is 6.18. The third-order valence-corrected chi connectivity index (χ3v) is 7.46. The van der Waals surface area contributed by atoms with E-state index >= 15 is 0 Å². The molecule has 2 amide bonds. The fourth-order valence-corrected chi connectivity index (χ4v) is 5.27. The van der Waals surface area contributed by atoms with E-state index in [1.807, 2.05) is 18.2 Å². The molecule has 0 atom stereocenters. The van der Waals surface area contributed by atoms with Crippen LogP contribution < -0.4 is 8.92 Å². The summed E-state index contributed by atoms with van der Waals surface area (Å²) in [6.45, 7) is 0.266. The number of hydrogen-bond acceptors (Lipinski definition) is 7. The quantitative estimate of drug-likeness (QED) is 0.256. The van der Waals surface area contributed by atoms with Gasteiger partial charge >= 0.3 is 10.1 Å². The molecule has 0 saturated carbocycles. The molecular weight excluding hydrogens is 533 g/mol. The van der Waals surface area contributed by atoms with E-state index in [2.05, 4.69) is 0 Å². The van der Waals surface area contributed by atoms with Crippen molar-refractivity contribution in [2.45, 2.75) is 4.90 Å². The molecule has 0 aliphatic carbocycles. The fraction of sp³-hybridized carbons (Fsp3) is 0.0833. The van der Waals surface area contributed by atoms with E-state index in [1.165, 1.54) is 48.5 Å². The number of ether oxygens (including phenoxy) is 1. The van der Waals surface area contributed by atoms with E-state index in [1.54, 1.807) is 12.1 Å². The summed E-state index contributed by atoms with van der Waals surface area (Å²) in [5.74, 6) is 0.119. The normalized spacial score (nSPS) is 15.0. The zero-order chi connectivity index (χ0) is 25.0. The smallest absolute Gasteiger partial charge is 0.339 e. The summed E-state index contributed by atoms with van der Waals surface area (Å²) < 4.78 is 35.7. The van der Waals surface area contributed by atoms with Crippen molar-refractivity contribution in [2.24, 2.45) is 0 Å². The second kappa shape index (κ2) is 10.7. The van der Waals surface area contributed by atoms with Crippen LogP contribution >= 0.6 is 35.0 Å². The van der Waals surface area contributed by atoms with Gasteiger partial charge in [-0.25, -0.2) is 0 Å². The molecule has 3 aromatic rings. The summed E-state index contributed by atoms with van der Waals surface area (Å²) in [6, 6.07) is 18.9. The first-order valence-electron chi connectivity index (χ1n) is 10.2. The molecule has 7 nitrogen and oxygen atoms in total. The number of hydrogen-bond donors (Lipinski definition) is 0. The molecule has 180 valence electrons. The Morgan fingerprint density at radius 2 is 1.66 bits per heavy atom. The summed E-state index contributed by atoms with van der Waals surface area (Å²) in [6.07, 6.45) is 1.51. The van der Waals surface area contributed by atoms with Crippen molar-refractivity contribution in [1.82, 2.24) is 4.90 Å². The number of carbonyl (C=O) groups excluding carboxylic acids is 2. The highest BCUT2D eigenvalue weighted by Gasteiger charge is 2.34. The zero-order valence-electron chi connectivity index (χ0n) is 17.9. The van der Waals surface area contributed by atoms with Gasteiger partial charge in [0.15, 0.2) is 5.75 Å². The Morgan fingerprint density at radius 1 is 0.943 bits per heavy atom. The van der Waals surface area contributed by atoms with Gasteiger partial charge in [-0.3, -0.25) is 14.5 Å². The Hall–Kier alpha value is -2.98. The number of benzene rings is 3. The van der Waals surface area contributed by atoms with E-state index in [0.29, 0.717) is 16.3 Å². The molecule has 1 saturated heterocycles. The number of halogens is 2. The van der Waals surface area contributed by atoms with E-state index < -0.39 is 21.3 Å². The first kappa shape index (κ1) is 25.1. The molecule has 1 heterocycles. The van der Waals surface area contributed by atoms with Gasteiger partial charge < -0.3 is 8.92 Å². The van der Waals surface area contributed by atoms with Crippen LogP contribution in [-0.4, -0.2) is 37.6 Å². The number of nitrogens with zero attached hydrogens (tertiary/aromatic N) is 1. The molecular formula is C24H17Cl2NO6S2. The van der Waals surface area contributed by atoms with E-state index in [0.717, 1.165) is 16.7 Å². The largest absolute Gasteiger partial charge is 0.492 e. The average molecular weight is 550 g/mol. The Kier molecular flexibility index (Phi) is 7.71. The highest BCUT2D eigenvalue weighted by Crippen LogP contribution is 2.34. The van der Waals surface area contributed by atoms with Crippen molar-refractivity contribution in [3.63, 3.8) is 0 Å².